The van der Waals surface area contributed by atoms with Gasteiger partial charge < -0.3 is 14.8 Å². The maximum Gasteiger partial charge on any atom is 0.274 e. The first kappa shape index (κ1) is 33.2. The lowest BCUT2D eigenvalue weighted by atomic mass is 9.96. The van der Waals surface area contributed by atoms with Crippen LogP contribution in [0.5, 0.6) is 11.5 Å². The Labute approximate surface area is 292 Å². The van der Waals surface area contributed by atoms with Crippen LogP contribution in [-0.4, -0.2) is 63.9 Å². The van der Waals surface area contributed by atoms with Gasteiger partial charge in [-0.1, -0.05) is 36.4 Å². The molecule has 1 aliphatic heterocycles. The van der Waals surface area contributed by atoms with Gasteiger partial charge in [0, 0.05) is 42.9 Å². The Kier molecular flexibility index (Phi) is 9.71. The third-order valence-corrected chi connectivity index (χ3v) is 9.80. The number of ketones is 1. The quantitative estimate of drug-likeness (QED) is 0.155. The van der Waals surface area contributed by atoms with Crippen LogP contribution >= 0.6 is 0 Å². The van der Waals surface area contributed by atoms with E-state index in [9.17, 15) is 9.59 Å². The lowest BCUT2D eigenvalue weighted by molar-refractivity contribution is 0.0989. The molecule has 1 amide bonds. The number of carbonyl (C=O) groups excluding carboxylic acids is 2. The van der Waals surface area contributed by atoms with Crippen LogP contribution in [0.1, 0.15) is 75.0 Å². The molecular weight excluding hydrogens is 628 g/mol. The Hall–Kier alpha value is -5.35. The molecule has 3 heterocycles. The number of benzene rings is 3. The van der Waals surface area contributed by atoms with E-state index in [1.54, 1.807) is 37.1 Å². The minimum atomic E-state index is -0.338. The normalized spacial score (nSPS) is 14.1. The van der Waals surface area contributed by atoms with Gasteiger partial charge in [0.05, 0.1) is 31.8 Å². The maximum atomic E-state index is 13.3. The molecule has 10 nitrogen and oxygen atoms in total. The molecule has 0 bridgehead atoms. The first-order valence-corrected chi connectivity index (χ1v) is 17.4. The molecule has 10 heteroatoms. The number of amides is 1. The fraction of sp³-hybridized carbons (Fsp3) is 0.325. The molecule has 2 aliphatic rings. The van der Waals surface area contributed by atoms with Crippen molar-refractivity contribution in [1.29, 1.82) is 0 Å². The summed E-state index contributed by atoms with van der Waals surface area (Å²) in [4.78, 5) is 33.3. The standard InChI is InChI=1S/C40H42N6O4/c1-4-37(47)32-15-11-29(21-35(32)42-40(48)34-16-12-27-7-5-6-8-33(27)41-34)36-25-46(44-43-36)31-13-9-26(10-14-31)17-19-45-20-18-28-22-38(49-2)39(50-3)23-30(28)24-45/h9-16,21-23,25H,4-8,17-20,24H2,1-3H3,(H,42,48). The van der Waals surface area contributed by atoms with Crippen LogP contribution in [0.2, 0.25) is 0 Å². The smallest absolute Gasteiger partial charge is 0.274 e. The Morgan fingerprint density at radius 3 is 2.42 bits per heavy atom. The molecule has 256 valence electrons. The van der Waals surface area contributed by atoms with Gasteiger partial charge in [0.25, 0.3) is 5.91 Å². The lowest BCUT2D eigenvalue weighted by Gasteiger charge is -2.29. The second-order valence-electron chi connectivity index (χ2n) is 13.0. The van der Waals surface area contributed by atoms with Crippen LogP contribution in [0.3, 0.4) is 0 Å². The third-order valence-electron chi connectivity index (χ3n) is 9.80. The van der Waals surface area contributed by atoms with Gasteiger partial charge in [0.2, 0.25) is 0 Å². The Morgan fingerprint density at radius 2 is 1.64 bits per heavy atom. The summed E-state index contributed by atoms with van der Waals surface area (Å²) in [6.45, 7) is 4.66. The largest absolute Gasteiger partial charge is 0.493 e. The zero-order valence-corrected chi connectivity index (χ0v) is 28.9. The summed E-state index contributed by atoms with van der Waals surface area (Å²) in [6, 6.07) is 21.7. The summed E-state index contributed by atoms with van der Waals surface area (Å²) in [5, 5.41) is 11.8. The fourth-order valence-corrected chi connectivity index (χ4v) is 6.89. The Balaban J connectivity index is 1.02. The van der Waals surface area contributed by atoms with E-state index in [0.29, 0.717) is 29.1 Å². The van der Waals surface area contributed by atoms with E-state index >= 15 is 0 Å². The molecule has 2 aromatic heterocycles. The summed E-state index contributed by atoms with van der Waals surface area (Å²) in [5.41, 5.74) is 9.58. The van der Waals surface area contributed by atoms with Gasteiger partial charge in [0.15, 0.2) is 17.3 Å². The van der Waals surface area contributed by atoms with Crippen molar-refractivity contribution >= 4 is 17.4 Å². The van der Waals surface area contributed by atoms with Crippen molar-refractivity contribution < 1.29 is 19.1 Å². The fourth-order valence-electron chi connectivity index (χ4n) is 6.89. The van der Waals surface area contributed by atoms with Crippen LogP contribution in [-0.2, 0) is 32.2 Å². The number of rotatable bonds is 11. The van der Waals surface area contributed by atoms with E-state index in [0.717, 1.165) is 86.6 Å². The van der Waals surface area contributed by atoms with Gasteiger partial charge in [-0.05, 0) is 103 Å². The summed E-state index contributed by atoms with van der Waals surface area (Å²) < 4.78 is 12.7. The molecule has 1 N–H and O–H groups in total. The summed E-state index contributed by atoms with van der Waals surface area (Å²) in [6.07, 6.45) is 8.20. The number of nitrogens with one attached hydrogen (secondary N) is 1. The van der Waals surface area contributed by atoms with Crippen molar-refractivity contribution in [2.75, 3.05) is 32.6 Å². The number of nitrogens with zero attached hydrogens (tertiary/aromatic N) is 5. The van der Waals surface area contributed by atoms with Crippen LogP contribution in [0.4, 0.5) is 5.69 Å². The van der Waals surface area contributed by atoms with Gasteiger partial charge >= 0.3 is 0 Å². The molecule has 0 fully saturated rings. The number of hydrogen-bond acceptors (Lipinski definition) is 8. The highest BCUT2D eigenvalue weighted by molar-refractivity contribution is 6.09. The Morgan fingerprint density at radius 1 is 0.860 bits per heavy atom. The highest BCUT2D eigenvalue weighted by atomic mass is 16.5. The van der Waals surface area contributed by atoms with Gasteiger partial charge in [0.1, 0.15) is 11.4 Å². The molecule has 0 radical (unpaired) electrons. The molecule has 50 heavy (non-hydrogen) atoms. The highest BCUT2D eigenvalue weighted by Crippen LogP contribution is 2.33. The summed E-state index contributed by atoms with van der Waals surface area (Å²) >= 11 is 0. The average molecular weight is 671 g/mol. The molecule has 0 atom stereocenters. The number of hydrogen-bond donors (Lipinski definition) is 1. The number of ether oxygens (including phenoxy) is 2. The van der Waals surface area contributed by atoms with Gasteiger partial charge in [-0.25, -0.2) is 9.67 Å². The second-order valence-corrected chi connectivity index (χ2v) is 13.0. The molecule has 0 saturated heterocycles. The predicted molar refractivity (Wildman–Crippen MR) is 192 cm³/mol. The van der Waals surface area contributed by atoms with Crippen molar-refractivity contribution in [2.24, 2.45) is 0 Å². The monoisotopic (exact) mass is 670 g/mol. The van der Waals surface area contributed by atoms with E-state index in [4.69, 9.17) is 9.47 Å². The minimum absolute atomic E-state index is 0.0556. The van der Waals surface area contributed by atoms with Gasteiger partial charge in [-0.2, -0.15) is 0 Å². The molecule has 0 spiro atoms. The van der Waals surface area contributed by atoms with E-state index in [1.807, 2.05) is 25.3 Å². The van der Waals surface area contributed by atoms with Crippen molar-refractivity contribution in [1.82, 2.24) is 24.9 Å². The summed E-state index contributed by atoms with van der Waals surface area (Å²) in [7, 11) is 3.35. The van der Waals surface area contributed by atoms with Gasteiger partial charge in [-0.15, -0.1) is 5.10 Å². The van der Waals surface area contributed by atoms with Crippen molar-refractivity contribution in [3.63, 3.8) is 0 Å². The minimum Gasteiger partial charge on any atom is -0.493 e. The molecule has 5 aromatic rings. The van der Waals surface area contributed by atoms with E-state index < -0.39 is 0 Å². The van der Waals surface area contributed by atoms with Gasteiger partial charge in [-0.3, -0.25) is 14.5 Å². The number of anilines is 1. The van der Waals surface area contributed by atoms with E-state index in [1.165, 1.54) is 22.3 Å². The first-order chi connectivity index (χ1) is 24.4. The zero-order chi connectivity index (χ0) is 34.6. The molecular formula is C40H42N6O4. The third kappa shape index (κ3) is 7.02. The predicted octanol–water partition coefficient (Wildman–Crippen LogP) is 6.67. The highest BCUT2D eigenvalue weighted by Gasteiger charge is 2.21. The number of methoxy groups -OCH3 is 2. The molecule has 7 rings (SSSR count). The average Bonchev–Trinajstić information content (AvgIpc) is 3.66. The number of aromatic nitrogens is 4. The van der Waals surface area contributed by atoms with E-state index in [-0.39, 0.29) is 11.7 Å². The molecule has 3 aromatic carbocycles. The van der Waals surface area contributed by atoms with Crippen molar-refractivity contribution in [2.45, 2.75) is 58.4 Å². The Bertz CT molecular complexity index is 2040. The SMILES string of the molecule is CCC(=O)c1ccc(-c2cn(-c3ccc(CCN4CCc5cc(OC)c(OC)cc5C4)cc3)nn2)cc1NC(=O)c1ccc2c(n1)CCCC2. The molecule has 1 aliphatic carbocycles. The number of fused-ring (bicyclic) bond motifs is 2. The maximum absolute atomic E-state index is 13.3. The van der Waals surface area contributed by atoms with Crippen molar-refractivity contribution in [3.8, 4) is 28.4 Å². The number of aryl methyl sites for hydroxylation is 2. The molecule has 0 saturated carbocycles. The number of pyridine rings is 1. The van der Waals surface area contributed by atoms with Crippen LogP contribution in [0, 0.1) is 0 Å². The second kappa shape index (κ2) is 14.6. The zero-order valence-electron chi connectivity index (χ0n) is 28.9. The molecule has 0 unspecified atom stereocenters. The topological polar surface area (TPSA) is 111 Å². The lowest BCUT2D eigenvalue weighted by Crippen LogP contribution is -2.32. The van der Waals surface area contributed by atoms with Crippen LogP contribution in [0.25, 0.3) is 16.9 Å². The first-order valence-electron chi connectivity index (χ1n) is 17.4. The number of Topliss-reactive ketones (excluding diaryl/α,β-unsaturated/α-hetero) is 1. The van der Waals surface area contributed by atoms with Crippen LogP contribution < -0.4 is 14.8 Å². The van der Waals surface area contributed by atoms with Crippen molar-refractivity contribution in [3.05, 3.63) is 112 Å². The number of carbonyl (C=O) groups is 2. The van der Waals surface area contributed by atoms with E-state index in [2.05, 4.69) is 61.9 Å². The van der Waals surface area contributed by atoms with Crippen LogP contribution in [0.15, 0.2) is 72.9 Å². The summed E-state index contributed by atoms with van der Waals surface area (Å²) in [5.74, 6) is 1.16.